The first-order chi connectivity index (χ1) is 9.35. The van der Waals surface area contributed by atoms with Gasteiger partial charge in [0, 0.05) is 17.7 Å². The quantitative estimate of drug-likeness (QED) is 0.608. The number of nitrogens with zero attached hydrogens (tertiary/aromatic N) is 1. The molecule has 0 aliphatic rings. The van der Waals surface area contributed by atoms with Crippen LogP contribution in [0.25, 0.3) is 0 Å². The van der Waals surface area contributed by atoms with Crippen LogP contribution in [0, 0.1) is 10.1 Å². The summed E-state index contributed by atoms with van der Waals surface area (Å²) in [5.41, 5.74) is -0.0849. The number of amides is 1. The zero-order chi connectivity index (χ0) is 15.3. The summed E-state index contributed by atoms with van der Waals surface area (Å²) in [7, 11) is 1.33. The highest BCUT2D eigenvalue weighted by atomic mass is 16.6. The number of hydrogen-bond donors (Lipinski definition) is 2. The molecule has 2 atom stereocenters. The lowest BCUT2D eigenvalue weighted by atomic mass is 10.1. The molecule has 0 aliphatic carbocycles. The topological polar surface area (TPSA) is 102 Å². The fourth-order valence-corrected chi connectivity index (χ4v) is 1.85. The minimum atomic E-state index is -0.602. The Morgan fingerprint density at radius 3 is 2.65 bits per heavy atom. The molecule has 2 N–H and O–H groups in total. The number of hydrogen-bond acceptors (Lipinski definition) is 5. The van der Waals surface area contributed by atoms with Gasteiger partial charge in [0.2, 0.25) is 0 Å². The first kappa shape index (κ1) is 15.9. The number of aliphatic hydroxyl groups excluding tert-OH is 1. The molecule has 0 fully saturated rings. The highest BCUT2D eigenvalue weighted by Gasteiger charge is 2.19. The monoisotopic (exact) mass is 282 g/mol. The van der Waals surface area contributed by atoms with Gasteiger partial charge in [0.1, 0.15) is 0 Å². The van der Waals surface area contributed by atoms with Crippen molar-refractivity contribution in [3.63, 3.8) is 0 Å². The standard InChI is InChI=1S/C13H18N2O5/c1-8(6-9(2)16)14-13(17)10-4-5-12(20-3)11(7-10)15(18)19/h4-5,7-9,16H,6H2,1-3H3,(H,14,17). The Balaban J connectivity index is 2.88. The van der Waals surface area contributed by atoms with Crippen molar-refractivity contribution in [2.45, 2.75) is 32.4 Å². The van der Waals surface area contributed by atoms with Crippen LogP contribution >= 0.6 is 0 Å². The molecule has 0 saturated carbocycles. The third-order valence-electron chi connectivity index (χ3n) is 2.71. The lowest BCUT2D eigenvalue weighted by Gasteiger charge is -2.15. The second-order valence-electron chi connectivity index (χ2n) is 4.60. The number of nitro groups is 1. The van der Waals surface area contributed by atoms with Crippen molar-refractivity contribution in [2.24, 2.45) is 0 Å². The van der Waals surface area contributed by atoms with Gasteiger partial charge in [0.25, 0.3) is 5.91 Å². The zero-order valence-electron chi connectivity index (χ0n) is 11.6. The molecular formula is C13H18N2O5. The summed E-state index contributed by atoms with van der Waals surface area (Å²) < 4.78 is 4.87. The molecular weight excluding hydrogens is 264 g/mol. The van der Waals surface area contributed by atoms with Crippen LogP contribution in [0.1, 0.15) is 30.6 Å². The van der Waals surface area contributed by atoms with E-state index < -0.39 is 16.9 Å². The van der Waals surface area contributed by atoms with E-state index in [4.69, 9.17) is 4.74 Å². The molecule has 0 saturated heterocycles. The second-order valence-corrected chi connectivity index (χ2v) is 4.60. The highest BCUT2D eigenvalue weighted by molar-refractivity contribution is 5.95. The van der Waals surface area contributed by atoms with Crippen molar-refractivity contribution in [1.82, 2.24) is 5.32 Å². The lowest BCUT2D eigenvalue weighted by Crippen LogP contribution is -2.34. The normalized spacial score (nSPS) is 13.4. The molecule has 7 heteroatoms. The van der Waals surface area contributed by atoms with Gasteiger partial charge in [-0.3, -0.25) is 14.9 Å². The molecule has 0 heterocycles. The summed E-state index contributed by atoms with van der Waals surface area (Å²) in [5, 5.41) is 22.8. The Morgan fingerprint density at radius 2 is 2.15 bits per heavy atom. The smallest absolute Gasteiger partial charge is 0.311 e. The van der Waals surface area contributed by atoms with Crippen molar-refractivity contribution < 1.29 is 19.6 Å². The predicted molar refractivity (Wildman–Crippen MR) is 72.9 cm³/mol. The van der Waals surface area contributed by atoms with Gasteiger partial charge in [-0.15, -0.1) is 0 Å². The third kappa shape index (κ3) is 4.20. The number of carbonyl (C=O) groups excluding carboxylic acids is 1. The van der Waals surface area contributed by atoms with Crippen LogP contribution in [-0.4, -0.2) is 35.2 Å². The van der Waals surface area contributed by atoms with Crippen LogP contribution in [-0.2, 0) is 0 Å². The summed E-state index contributed by atoms with van der Waals surface area (Å²) in [6.45, 7) is 3.38. The van der Waals surface area contributed by atoms with E-state index in [-0.39, 0.29) is 23.0 Å². The van der Waals surface area contributed by atoms with Gasteiger partial charge in [0.05, 0.1) is 18.1 Å². The Labute approximate surface area is 116 Å². The van der Waals surface area contributed by atoms with Gasteiger partial charge in [-0.2, -0.15) is 0 Å². The van der Waals surface area contributed by atoms with Crippen molar-refractivity contribution in [3.8, 4) is 5.75 Å². The van der Waals surface area contributed by atoms with E-state index in [0.29, 0.717) is 6.42 Å². The molecule has 0 radical (unpaired) electrons. The summed E-state index contributed by atoms with van der Waals surface area (Å²) in [4.78, 5) is 22.2. The van der Waals surface area contributed by atoms with Crippen LogP contribution in [0.2, 0.25) is 0 Å². The number of ether oxygens (including phenoxy) is 1. The fraction of sp³-hybridized carbons (Fsp3) is 0.462. The minimum absolute atomic E-state index is 0.101. The maximum atomic E-state index is 12.0. The van der Waals surface area contributed by atoms with Gasteiger partial charge in [-0.1, -0.05) is 0 Å². The second kappa shape index (κ2) is 6.85. The summed E-state index contributed by atoms with van der Waals surface area (Å²) in [6, 6.07) is 3.77. The van der Waals surface area contributed by atoms with E-state index >= 15 is 0 Å². The Kier molecular flexibility index (Phi) is 5.45. The largest absolute Gasteiger partial charge is 0.490 e. The molecule has 1 aromatic rings. The first-order valence-corrected chi connectivity index (χ1v) is 6.16. The van der Waals surface area contributed by atoms with E-state index in [1.165, 1.54) is 25.3 Å². The molecule has 2 unspecified atom stereocenters. The van der Waals surface area contributed by atoms with E-state index in [1.807, 2.05) is 0 Å². The Hall–Kier alpha value is -2.15. The Bertz CT molecular complexity index is 502. The third-order valence-corrected chi connectivity index (χ3v) is 2.71. The van der Waals surface area contributed by atoms with Crippen LogP contribution in [0.5, 0.6) is 5.75 Å². The predicted octanol–water partition coefficient (Wildman–Crippen LogP) is 1.49. The number of benzene rings is 1. The maximum absolute atomic E-state index is 12.0. The number of methoxy groups -OCH3 is 1. The van der Waals surface area contributed by atoms with Crippen LogP contribution in [0.15, 0.2) is 18.2 Å². The SMILES string of the molecule is COc1ccc(C(=O)NC(C)CC(C)O)cc1[N+](=O)[O-]. The number of rotatable bonds is 6. The van der Waals surface area contributed by atoms with E-state index in [0.717, 1.165) is 0 Å². The first-order valence-electron chi connectivity index (χ1n) is 6.16. The Morgan fingerprint density at radius 1 is 1.50 bits per heavy atom. The van der Waals surface area contributed by atoms with E-state index in [1.54, 1.807) is 13.8 Å². The molecule has 110 valence electrons. The fourth-order valence-electron chi connectivity index (χ4n) is 1.85. The molecule has 7 nitrogen and oxygen atoms in total. The zero-order valence-corrected chi connectivity index (χ0v) is 11.6. The number of nitro benzene ring substituents is 1. The van der Waals surface area contributed by atoms with Gasteiger partial charge < -0.3 is 15.2 Å². The average Bonchev–Trinajstić information content (AvgIpc) is 2.36. The van der Waals surface area contributed by atoms with E-state index in [2.05, 4.69) is 5.32 Å². The van der Waals surface area contributed by atoms with Crippen molar-refractivity contribution in [3.05, 3.63) is 33.9 Å². The highest BCUT2D eigenvalue weighted by Crippen LogP contribution is 2.27. The van der Waals surface area contributed by atoms with Crippen molar-refractivity contribution in [2.75, 3.05) is 7.11 Å². The summed E-state index contributed by atoms with van der Waals surface area (Å²) >= 11 is 0. The van der Waals surface area contributed by atoms with Crippen molar-refractivity contribution >= 4 is 11.6 Å². The number of aliphatic hydroxyl groups is 1. The van der Waals surface area contributed by atoms with Gasteiger partial charge in [-0.05, 0) is 32.4 Å². The van der Waals surface area contributed by atoms with Gasteiger partial charge in [-0.25, -0.2) is 0 Å². The lowest BCUT2D eigenvalue weighted by molar-refractivity contribution is -0.385. The average molecular weight is 282 g/mol. The van der Waals surface area contributed by atoms with Gasteiger partial charge >= 0.3 is 5.69 Å². The van der Waals surface area contributed by atoms with E-state index in [9.17, 15) is 20.0 Å². The molecule has 1 amide bonds. The summed E-state index contributed by atoms with van der Waals surface area (Å²) in [6.07, 6.45) is -0.125. The molecule has 0 bridgehead atoms. The van der Waals surface area contributed by atoms with Crippen molar-refractivity contribution in [1.29, 1.82) is 0 Å². The molecule has 0 aliphatic heterocycles. The molecule has 1 rings (SSSR count). The number of nitrogens with one attached hydrogen (secondary N) is 1. The van der Waals surface area contributed by atoms with Crippen LogP contribution in [0.4, 0.5) is 5.69 Å². The molecule has 0 aromatic heterocycles. The minimum Gasteiger partial charge on any atom is -0.490 e. The van der Waals surface area contributed by atoms with Crippen LogP contribution < -0.4 is 10.1 Å². The summed E-state index contributed by atoms with van der Waals surface area (Å²) in [5.74, 6) is -0.326. The van der Waals surface area contributed by atoms with Gasteiger partial charge in [0.15, 0.2) is 5.75 Å². The molecule has 1 aromatic carbocycles. The maximum Gasteiger partial charge on any atom is 0.311 e. The molecule has 20 heavy (non-hydrogen) atoms. The van der Waals surface area contributed by atoms with Crippen LogP contribution in [0.3, 0.4) is 0 Å². The number of carbonyl (C=O) groups is 1. The molecule has 0 spiro atoms.